The Balaban J connectivity index is 1.91. The minimum atomic E-state index is -0.568. The molecule has 0 aliphatic heterocycles. The van der Waals surface area contributed by atoms with Gasteiger partial charge in [0.25, 0.3) is 0 Å². The SMILES string of the molecule is NCC1CC(c2c(-c3ccc(Cl)cc3)[nH]c3c(F)cc(F)cc23)C1. The van der Waals surface area contributed by atoms with E-state index in [1.165, 1.54) is 6.07 Å². The first kappa shape index (κ1) is 15.6. The Morgan fingerprint density at radius 3 is 2.50 bits per heavy atom. The molecular formula is C19H17ClF2N2. The van der Waals surface area contributed by atoms with Crippen molar-refractivity contribution < 1.29 is 8.78 Å². The van der Waals surface area contributed by atoms with Gasteiger partial charge in [0.1, 0.15) is 11.6 Å². The maximum Gasteiger partial charge on any atom is 0.150 e. The lowest BCUT2D eigenvalue weighted by molar-refractivity contribution is 0.274. The third-order valence-electron chi connectivity index (χ3n) is 4.97. The second kappa shape index (κ2) is 5.87. The van der Waals surface area contributed by atoms with Crippen molar-refractivity contribution in [2.45, 2.75) is 18.8 Å². The molecule has 3 aromatic rings. The average molecular weight is 347 g/mol. The van der Waals surface area contributed by atoms with E-state index in [0.29, 0.717) is 28.4 Å². The van der Waals surface area contributed by atoms with Gasteiger partial charge in [0.2, 0.25) is 0 Å². The molecule has 1 aliphatic rings. The van der Waals surface area contributed by atoms with Crippen molar-refractivity contribution in [1.29, 1.82) is 0 Å². The van der Waals surface area contributed by atoms with E-state index in [1.54, 1.807) is 12.1 Å². The highest BCUT2D eigenvalue weighted by Crippen LogP contribution is 2.47. The van der Waals surface area contributed by atoms with E-state index in [9.17, 15) is 8.78 Å². The maximum absolute atomic E-state index is 14.2. The van der Waals surface area contributed by atoms with Gasteiger partial charge in [-0.05, 0) is 60.5 Å². The number of hydrogen-bond donors (Lipinski definition) is 2. The maximum atomic E-state index is 14.2. The van der Waals surface area contributed by atoms with Crippen LogP contribution in [0, 0.1) is 17.6 Å². The molecule has 124 valence electrons. The van der Waals surface area contributed by atoms with Gasteiger partial charge in [-0.3, -0.25) is 0 Å². The first-order valence-electron chi connectivity index (χ1n) is 8.03. The zero-order valence-electron chi connectivity index (χ0n) is 13.0. The van der Waals surface area contributed by atoms with E-state index >= 15 is 0 Å². The Morgan fingerprint density at radius 1 is 1.12 bits per heavy atom. The third kappa shape index (κ3) is 2.50. The molecular weight excluding hydrogens is 330 g/mol. The van der Waals surface area contributed by atoms with Gasteiger partial charge in [-0.15, -0.1) is 0 Å². The van der Waals surface area contributed by atoms with Crippen LogP contribution in [0.5, 0.6) is 0 Å². The summed E-state index contributed by atoms with van der Waals surface area (Å²) >= 11 is 5.97. The smallest absolute Gasteiger partial charge is 0.150 e. The quantitative estimate of drug-likeness (QED) is 0.670. The van der Waals surface area contributed by atoms with Crippen LogP contribution in [-0.4, -0.2) is 11.5 Å². The van der Waals surface area contributed by atoms with Crippen molar-refractivity contribution in [3.63, 3.8) is 0 Å². The Labute approximate surface area is 143 Å². The lowest BCUT2D eigenvalue weighted by Crippen LogP contribution is -2.28. The van der Waals surface area contributed by atoms with Crippen LogP contribution in [0.25, 0.3) is 22.2 Å². The van der Waals surface area contributed by atoms with E-state index in [0.717, 1.165) is 35.7 Å². The first-order valence-corrected chi connectivity index (χ1v) is 8.41. The molecule has 0 bridgehead atoms. The van der Waals surface area contributed by atoms with Crippen LogP contribution in [0.3, 0.4) is 0 Å². The van der Waals surface area contributed by atoms with Gasteiger partial charge in [0, 0.05) is 16.5 Å². The van der Waals surface area contributed by atoms with Gasteiger partial charge in [0.15, 0.2) is 0 Å². The summed E-state index contributed by atoms with van der Waals surface area (Å²) in [4.78, 5) is 3.16. The third-order valence-corrected chi connectivity index (χ3v) is 5.23. The van der Waals surface area contributed by atoms with E-state index in [2.05, 4.69) is 4.98 Å². The fraction of sp³-hybridized carbons (Fsp3) is 0.263. The average Bonchev–Trinajstić information content (AvgIpc) is 2.87. The van der Waals surface area contributed by atoms with Crippen LogP contribution in [0.1, 0.15) is 24.3 Å². The topological polar surface area (TPSA) is 41.8 Å². The molecule has 3 N–H and O–H groups in total. The molecule has 1 heterocycles. The summed E-state index contributed by atoms with van der Waals surface area (Å²) in [6.07, 6.45) is 1.89. The van der Waals surface area contributed by atoms with Gasteiger partial charge in [-0.25, -0.2) is 8.78 Å². The normalized spacial score (nSPS) is 20.3. The number of aromatic amines is 1. The van der Waals surface area contributed by atoms with Crippen LogP contribution in [0.4, 0.5) is 8.78 Å². The lowest BCUT2D eigenvalue weighted by Gasteiger charge is -2.35. The number of H-pyrrole nitrogens is 1. The van der Waals surface area contributed by atoms with E-state index < -0.39 is 11.6 Å². The second-order valence-corrected chi connectivity index (χ2v) is 6.94. The van der Waals surface area contributed by atoms with Crippen molar-refractivity contribution in [3.8, 4) is 11.3 Å². The lowest BCUT2D eigenvalue weighted by atomic mass is 9.70. The van der Waals surface area contributed by atoms with Gasteiger partial charge in [-0.2, -0.15) is 0 Å². The van der Waals surface area contributed by atoms with Gasteiger partial charge in [0.05, 0.1) is 11.2 Å². The van der Waals surface area contributed by atoms with Crippen molar-refractivity contribution >= 4 is 22.5 Å². The fourth-order valence-electron chi connectivity index (χ4n) is 3.67. The highest BCUT2D eigenvalue weighted by molar-refractivity contribution is 6.30. The second-order valence-electron chi connectivity index (χ2n) is 6.50. The number of nitrogens with two attached hydrogens (primary N) is 1. The van der Waals surface area contributed by atoms with Gasteiger partial charge in [-0.1, -0.05) is 23.7 Å². The summed E-state index contributed by atoms with van der Waals surface area (Å²) in [7, 11) is 0. The largest absolute Gasteiger partial charge is 0.352 e. The van der Waals surface area contributed by atoms with Crippen molar-refractivity contribution in [2.75, 3.05) is 6.54 Å². The molecule has 1 aromatic heterocycles. The number of halogens is 3. The molecule has 0 saturated heterocycles. The Bertz CT molecular complexity index is 896. The zero-order valence-corrected chi connectivity index (χ0v) is 13.7. The molecule has 0 atom stereocenters. The Morgan fingerprint density at radius 2 is 1.83 bits per heavy atom. The number of nitrogens with one attached hydrogen (secondary N) is 1. The Hall–Kier alpha value is -1.91. The monoisotopic (exact) mass is 346 g/mol. The zero-order chi connectivity index (χ0) is 16.8. The summed E-state index contributed by atoms with van der Waals surface area (Å²) < 4.78 is 28.0. The summed E-state index contributed by atoms with van der Waals surface area (Å²) in [6.45, 7) is 0.651. The van der Waals surface area contributed by atoms with E-state index in [-0.39, 0.29) is 5.92 Å². The summed E-state index contributed by atoms with van der Waals surface area (Å²) in [5.41, 5.74) is 8.83. The minimum Gasteiger partial charge on any atom is -0.352 e. The molecule has 5 heteroatoms. The van der Waals surface area contributed by atoms with Crippen LogP contribution in [-0.2, 0) is 0 Å². The van der Waals surface area contributed by atoms with Gasteiger partial charge < -0.3 is 10.7 Å². The summed E-state index contributed by atoms with van der Waals surface area (Å²) in [5, 5.41) is 1.26. The molecule has 4 rings (SSSR count). The predicted molar refractivity (Wildman–Crippen MR) is 93.2 cm³/mol. The van der Waals surface area contributed by atoms with Crippen molar-refractivity contribution in [1.82, 2.24) is 4.98 Å². The van der Waals surface area contributed by atoms with E-state index in [4.69, 9.17) is 17.3 Å². The van der Waals surface area contributed by atoms with Crippen molar-refractivity contribution in [3.05, 3.63) is 58.6 Å². The highest BCUT2D eigenvalue weighted by atomic mass is 35.5. The van der Waals surface area contributed by atoms with Crippen LogP contribution in [0.15, 0.2) is 36.4 Å². The van der Waals surface area contributed by atoms with Crippen LogP contribution in [0.2, 0.25) is 5.02 Å². The van der Waals surface area contributed by atoms with Crippen molar-refractivity contribution in [2.24, 2.45) is 11.7 Å². The molecule has 1 saturated carbocycles. The summed E-state index contributed by atoms with van der Waals surface area (Å²) in [5.74, 6) is -0.380. The molecule has 0 amide bonds. The van der Waals surface area contributed by atoms with Crippen LogP contribution >= 0.6 is 11.6 Å². The molecule has 0 spiro atoms. The number of rotatable bonds is 3. The molecule has 2 nitrogen and oxygen atoms in total. The fourth-order valence-corrected chi connectivity index (χ4v) is 3.80. The predicted octanol–water partition coefficient (Wildman–Crippen LogP) is 5.22. The molecule has 24 heavy (non-hydrogen) atoms. The first-order chi connectivity index (χ1) is 11.6. The molecule has 1 fully saturated rings. The standard InChI is InChI=1S/C19H17ClF2N2/c20-13-3-1-11(2-4-13)18-17(12-5-10(6-12)9-23)15-7-14(21)8-16(22)19(15)24-18/h1-4,7-8,10,12,24H,5-6,9,23H2. The number of aromatic nitrogens is 1. The Kier molecular flexibility index (Phi) is 3.82. The van der Waals surface area contributed by atoms with Crippen LogP contribution < -0.4 is 5.73 Å². The summed E-state index contributed by atoms with van der Waals surface area (Å²) in [6, 6.07) is 9.71. The molecule has 1 aliphatic carbocycles. The molecule has 2 aromatic carbocycles. The number of fused-ring (bicyclic) bond motifs is 1. The number of hydrogen-bond acceptors (Lipinski definition) is 1. The minimum absolute atomic E-state index is 0.263. The molecule has 0 unspecified atom stereocenters. The molecule has 0 radical (unpaired) electrons. The van der Waals surface area contributed by atoms with E-state index in [1.807, 2.05) is 12.1 Å². The highest BCUT2D eigenvalue weighted by Gasteiger charge is 2.33. The van der Waals surface area contributed by atoms with Gasteiger partial charge >= 0.3 is 0 Å². The number of benzene rings is 2.